The second-order valence-corrected chi connectivity index (χ2v) is 0.179. The van der Waals surface area contributed by atoms with E-state index in [-0.39, 0.29) is 48.7 Å². The summed E-state index contributed by atoms with van der Waals surface area (Å²) in [5.74, 6) is 0. The predicted molar refractivity (Wildman–Crippen MR) is 33.1 cm³/mol. The average molecular weight is 160 g/mol. The molecule has 0 atom stereocenters. The topological polar surface area (TPSA) is 180 Å². The third-order valence-corrected chi connectivity index (χ3v) is 0. The van der Waals surface area contributed by atoms with Crippen molar-refractivity contribution in [1.82, 2.24) is 0 Å². The molecule has 8 nitrogen and oxygen atoms in total. The van der Waals surface area contributed by atoms with Crippen molar-refractivity contribution in [1.29, 1.82) is 0 Å². The molecule has 0 aliphatic heterocycles. The fourth-order valence-electron chi connectivity index (χ4n) is 0. The summed E-state index contributed by atoms with van der Waals surface area (Å²) in [6.07, 6.45) is 0. The van der Waals surface area contributed by atoms with Gasteiger partial charge in [0.05, 0.1) is 0 Å². The van der Waals surface area contributed by atoms with E-state index in [0.717, 1.165) is 0 Å². The maximum atomic E-state index is 6.75. The van der Waals surface area contributed by atoms with Gasteiger partial charge in [-0.2, -0.15) is 0 Å². The van der Waals surface area contributed by atoms with Crippen molar-refractivity contribution in [3.63, 3.8) is 0 Å². The summed E-state index contributed by atoms with van der Waals surface area (Å²) in [7, 11) is 0. The first-order valence-corrected chi connectivity index (χ1v) is 0.800. The normalized spacial score (nSPS) is 1.78. The van der Waals surface area contributed by atoms with Gasteiger partial charge in [-0.3, -0.25) is 9.82 Å². The van der Waals surface area contributed by atoms with Gasteiger partial charge in [-0.25, -0.2) is 0 Å². The maximum absolute atomic E-state index is 6.75. The molecule has 0 aliphatic rings. The first-order valence-electron chi connectivity index (χ1n) is 0.800. The zero-order chi connectivity index (χ0) is 5.41. The molecule has 9 heteroatoms. The molecular formula is H4CaN6O2. The Balaban J connectivity index is -0.00000000889. The Morgan fingerprint density at radius 2 is 0.667 bits per heavy atom. The molecule has 0 radical (unpaired) electrons. The fraction of sp³-hybridized carbons (Fsp3) is 0. The minimum absolute atomic E-state index is 0. The molecule has 9 heavy (non-hydrogen) atoms. The zero-order valence-corrected chi connectivity index (χ0v) is 6.60. The molecule has 0 fully saturated rings. The van der Waals surface area contributed by atoms with Gasteiger partial charge in [-0.15, -0.1) is 0 Å². The molecule has 0 unspecified atom stereocenters. The Kier molecular flexibility index (Phi) is 459. The molecule has 0 aromatic rings. The Morgan fingerprint density at radius 3 is 0.667 bits per heavy atom. The summed E-state index contributed by atoms with van der Waals surface area (Å²) in [5, 5.41) is 0. The van der Waals surface area contributed by atoms with Crippen molar-refractivity contribution >= 4 is 37.7 Å². The van der Waals surface area contributed by atoms with E-state index in [9.17, 15) is 0 Å². The van der Waals surface area contributed by atoms with Gasteiger partial charge in [0.2, 0.25) is 0 Å². The zero-order valence-electron chi connectivity index (χ0n) is 4.39. The summed E-state index contributed by atoms with van der Waals surface area (Å²) in [4.78, 5) is 3.00. The molecule has 4 N–H and O–H groups in total. The molecular weight excluding hydrogens is 156 g/mol. The smallest absolute Gasteiger partial charge is 0.412 e. The van der Waals surface area contributed by atoms with Crippen LogP contribution in [-0.4, -0.2) is 48.7 Å². The third-order valence-electron chi connectivity index (χ3n) is 0. The first-order chi connectivity index (χ1) is 2.83. The molecule has 0 rings (SSSR count). The average Bonchev–Trinajstić information content (AvgIpc) is 1.39. The second-order valence-electron chi connectivity index (χ2n) is 0.179. The van der Waals surface area contributed by atoms with E-state index >= 15 is 0 Å². The van der Waals surface area contributed by atoms with Crippen LogP contribution in [0.15, 0.2) is 0 Å². The summed E-state index contributed by atoms with van der Waals surface area (Å²) in [6, 6.07) is 0. The van der Waals surface area contributed by atoms with E-state index in [1.54, 1.807) is 0 Å². The molecule has 0 bridgehead atoms. The van der Waals surface area contributed by atoms with Gasteiger partial charge < -0.3 is 33.1 Å². The molecule has 0 heterocycles. The summed E-state index contributed by atoms with van der Waals surface area (Å²) in [6.45, 7) is 0. The van der Waals surface area contributed by atoms with E-state index in [0.29, 0.717) is 0 Å². The van der Waals surface area contributed by atoms with Crippen molar-refractivity contribution in [2.75, 3.05) is 0 Å². The minimum atomic E-state index is 0. The van der Waals surface area contributed by atoms with Gasteiger partial charge in [0.25, 0.3) is 0 Å². The largest absolute Gasteiger partial charge is 2.00 e. The number of rotatable bonds is 0. The Morgan fingerprint density at radius 1 is 0.667 bits per heavy atom. The monoisotopic (exact) mass is 160 g/mol. The molecule has 0 aliphatic carbocycles. The fourth-order valence-corrected chi connectivity index (χ4v) is 0. The van der Waals surface area contributed by atoms with Crippen LogP contribution < -0.4 is 0 Å². The van der Waals surface area contributed by atoms with E-state index in [1.165, 1.54) is 9.82 Å². The van der Waals surface area contributed by atoms with Crippen LogP contribution in [-0.2, 0) is 0 Å². The van der Waals surface area contributed by atoms with Gasteiger partial charge in [-0.1, -0.05) is 0 Å². The van der Waals surface area contributed by atoms with Crippen LogP contribution in [0.2, 0.25) is 0 Å². The van der Waals surface area contributed by atoms with Crippen LogP contribution in [0.4, 0.5) is 0 Å². The summed E-state index contributed by atoms with van der Waals surface area (Å²) in [5.41, 5.74) is 27.0. The predicted octanol–water partition coefficient (Wildman–Crippen LogP) is -0.298. The quantitative estimate of drug-likeness (QED) is 0.195. The van der Waals surface area contributed by atoms with Crippen LogP contribution in [0.25, 0.3) is 31.9 Å². The standard InChI is InChI=1S/Ca.2N3.2H2O/c;2*1-3-2;;/h;;;2*1H2/q+2;2*-1;;. The van der Waals surface area contributed by atoms with E-state index in [2.05, 4.69) is 0 Å². The van der Waals surface area contributed by atoms with Crippen molar-refractivity contribution in [2.24, 2.45) is 0 Å². The SMILES string of the molecule is O.O.[Ca+2].[N-]=[N+]=[N-].[N-]=[N+]=[N-]. The van der Waals surface area contributed by atoms with Gasteiger partial charge in [0.15, 0.2) is 0 Å². The third kappa shape index (κ3) is 6540. The molecule has 0 spiro atoms. The Labute approximate surface area is 80.3 Å². The molecule has 0 aromatic heterocycles. The molecule has 0 amide bonds. The van der Waals surface area contributed by atoms with Crippen molar-refractivity contribution < 1.29 is 11.0 Å². The van der Waals surface area contributed by atoms with Crippen LogP contribution in [0, 0.1) is 0 Å². The van der Waals surface area contributed by atoms with Gasteiger partial charge >= 0.3 is 37.7 Å². The van der Waals surface area contributed by atoms with E-state index in [1.807, 2.05) is 0 Å². The van der Waals surface area contributed by atoms with E-state index in [4.69, 9.17) is 22.1 Å². The molecule has 0 saturated carbocycles. The second kappa shape index (κ2) is 111. The van der Waals surface area contributed by atoms with Gasteiger partial charge in [0, 0.05) is 0 Å². The Hall–Kier alpha value is -0.200. The number of hydrogen-bond donors (Lipinski definition) is 0. The number of hydrogen-bond acceptors (Lipinski definition) is 0. The van der Waals surface area contributed by atoms with Crippen LogP contribution in [0.5, 0.6) is 0 Å². The van der Waals surface area contributed by atoms with Crippen molar-refractivity contribution in [3.8, 4) is 0 Å². The van der Waals surface area contributed by atoms with Crippen LogP contribution in [0.3, 0.4) is 0 Å². The van der Waals surface area contributed by atoms with Crippen LogP contribution in [0.1, 0.15) is 0 Å². The van der Waals surface area contributed by atoms with E-state index < -0.39 is 0 Å². The summed E-state index contributed by atoms with van der Waals surface area (Å²) >= 11 is 0. The molecule has 48 valence electrons. The summed E-state index contributed by atoms with van der Waals surface area (Å²) < 4.78 is 0. The first kappa shape index (κ1) is 37.1. The Bertz CT molecular complexity index is 65.1. The molecule has 0 aromatic carbocycles. The van der Waals surface area contributed by atoms with Gasteiger partial charge in [0.1, 0.15) is 0 Å². The van der Waals surface area contributed by atoms with Crippen molar-refractivity contribution in [3.05, 3.63) is 31.9 Å². The molecule has 0 saturated heterocycles. The maximum Gasteiger partial charge on any atom is 2.00 e. The van der Waals surface area contributed by atoms with Crippen molar-refractivity contribution in [2.45, 2.75) is 0 Å². The van der Waals surface area contributed by atoms with Crippen LogP contribution >= 0.6 is 0 Å². The minimum Gasteiger partial charge on any atom is -0.412 e. The number of nitrogens with zero attached hydrogens (tertiary/aromatic N) is 6. The van der Waals surface area contributed by atoms with Gasteiger partial charge in [-0.05, 0) is 0 Å².